The van der Waals surface area contributed by atoms with E-state index >= 15 is 4.39 Å². The standard InChI is InChI=1S/C28H29FN6O4/c29-24-15-21(35-18-22(39-28(35)38)7-9-25(30)36)6-8-23(24)20-16-31-27(32-17-20)34-12-10-33(11-13-34)26(37)14-19-4-2-1-3-5-19/h1-6,8,15-17,22H,7,9-14,18H2,(H2,30,36). The molecule has 1 atom stereocenters. The lowest BCUT2D eigenvalue weighted by atomic mass is 10.1. The van der Waals surface area contributed by atoms with Crippen molar-refractivity contribution in [3.05, 3.63) is 72.3 Å². The van der Waals surface area contributed by atoms with Crippen LogP contribution in [-0.2, 0) is 20.7 Å². The summed E-state index contributed by atoms with van der Waals surface area (Å²) < 4.78 is 20.3. The number of hydrogen-bond acceptors (Lipinski definition) is 7. The summed E-state index contributed by atoms with van der Waals surface area (Å²) in [7, 11) is 0. The molecule has 10 nitrogen and oxygen atoms in total. The molecule has 0 bridgehead atoms. The van der Waals surface area contributed by atoms with Gasteiger partial charge >= 0.3 is 6.09 Å². The van der Waals surface area contributed by atoms with Gasteiger partial charge < -0.3 is 20.3 Å². The third kappa shape index (κ3) is 6.14. The van der Waals surface area contributed by atoms with Gasteiger partial charge in [0.1, 0.15) is 11.9 Å². The second kappa shape index (κ2) is 11.5. The summed E-state index contributed by atoms with van der Waals surface area (Å²) in [4.78, 5) is 49.9. The Balaban J connectivity index is 1.18. The molecule has 1 aromatic heterocycles. The number of anilines is 2. The molecule has 202 valence electrons. The number of aromatic nitrogens is 2. The van der Waals surface area contributed by atoms with Crippen molar-refractivity contribution < 1.29 is 23.5 Å². The Labute approximate surface area is 225 Å². The molecule has 2 N–H and O–H groups in total. The highest BCUT2D eigenvalue weighted by Gasteiger charge is 2.32. The maximum Gasteiger partial charge on any atom is 0.414 e. The molecule has 2 aliphatic heterocycles. The smallest absolute Gasteiger partial charge is 0.414 e. The Hall–Kier alpha value is -4.54. The van der Waals surface area contributed by atoms with E-state index < -0.39 is 23.9 Å². The Morgan fingerprint density at radius 2 is 1.74 bits per heavy atom. The van der Waals surface area contributed by atoms with Crippen LogP contribution >= 0.6 is 0 Å². The van der Waals surface area contributed by atoms with Crippen LogP contribution in [0.3, 0.4) is 0 Å². The number of amides is 3. The van der Waals surface area contributed by atoms with Gasteiger partial charge in [-0.15, -0.1) is 0 Å². The summed E-state index contributed by atoms with van der Waals surface area (Å²) in [6.45, 7) is 2.59. The van der Waals surface area contributed by atoms with E-state index in [0.717, 1.165) is 5.56 Å². The molecule has 5 rings (SSSR count). The lowest BCUT2D eigenvalue weighted by Gasteiger charge is -2.34. The van der Waals surface area contributed by atoms with E-state index in [1.807, 2.05) is 40.1 Å². The van der Waals surface area contributed by atoms with Gasteiger partial charge in [-0.1, -0.05) is 30.3 Å². The monoisotopic (exact) mass is 532 g/mol. The number of hydrogen-bond donors (Lipinski definition) is 1. The van der Waals surface area contributed by atoms with E-state index in [1.165, 1.54) is 11.0 Å². The molecule has 2 saturated heterocycles. The third-order valence-corrected chi connectivity index (χ3v) is 6.91. The molecule has 2 fully saturated rings. The van der Waals surface area contributed by atoms with Gasteiger partial charge in [0, 0.05) is 56.1 Å². The van der Waals surface area contributed by atoms with Gasteiger partial charge in [-0.25, -0.2) is 19.2 Å². The van der Waals surface area contributed by atoms with Gasteiger partial charge in [0.2, 0.25) is 17.8 Å². The summed E-state index contributed by atoms with van der Waals surface area (Å²) in [6.07, 6.45) is 2.88. The Kier molecular flexibility index (Phi) is 7.67. The predicted molar refractivity (Wildman–Crippen MR) is 142 cm³/mol. The average Bonchev–Trinajstić information content (AvgIpc) is 3.33. The molecule has 0 radical (unpaired) electrons. The van der Waals surface area contributed by atoms with Crippen molar-refractivity contribution in [2.75, 3.05) is 42.5 Å². The van der Waals surface area contributed by atoms with Crippen LogP contribution in [0, 0.1) is 5.82 Å². The highest BCUT2D eigenvalue weighted by Crippen LogP contribution is 2.29. The van der Waals surface area contributed by atoms with E-state index in [2.05, 4.69) is 9.97 Å². The second-order valence-corrected chi connectivity index (χ2v) is 9.59. The fraction of sp³-hybridized carbons (Fsp3) is 0.321. The number of ether oxygens (including phenoxy) is 1. The van der Waals surface area contributed by atoms with Crippen molar-refractivity contribution in [3.63, 3.8) is 0 Å². The van der Waals surface area contributed by atoms with E-state index in [4.69, 9.17) is 10.5 Å². The SMILES string of the molecule is NC(=O)CCC1CN(c2ccc(-c3cnc(N4CCN(C(=O)Cc5ccccc5)CC4)nc3)c(F)c2)C(=O)O1. The first-order chi connectivity index (χ1) is 18.9. The quantitative estimate of drug-likeness (QED) is 0.473. The van der Waals surface area contributed by atoms with Crippen LogP contribution in [0.1, 0.15) is 18.4 Å². The van der Waals surface area contributed by atoms with Crippen molar-refractivity contribution in [2.24, 2.45) is 5.73 Å². The fourth-order valence-corrected chi connectivity index (χ4v) is 4.75. The number of carbonyl (C=O) groups excluding carboxylic acids is 3. The number of rotatable bonds is 8. The third-order valence-electron chi connectivity index (χ3n) is 6.91. The van der Waals surface area contributed by atoms with Crippen LogP contribution in [0.15, 0.2) is 60.9 Å². The summed E-state index contributed by atoms with van der Waals surface area (Å²) in [6, 6.07) is 14.2. The summed E-state index contributed by atoms with van der Waals surface area (Å²) in [5.74, 6) is -0.376. The number of primary amides is 1. The topological polar surface area (TPSA) is 122 Å². The maximum atomic E-state index is 15.1. The van der Waals surface area contributed by atoms with Gasteiger partial charge in [-0.05, 0) is 30.2 Å². The highest BCUT2D eigenvalue weighted by molar-refractivity contribution is 5.90. The minimum absolute atomic E-state index is 0.0967. The molecule has 39 heavy (non-hydrogen) atoms. The molecule has 1 unspecified atom stereocenters. The Morgan fingerprint density at radius 3 is 2.41 bits per heavy atom. The van der Waals surface area contributed by atoms with Gasteiger partial charge in [0.05, 0.1) is 18.7 Å². The second-order valence-electron chi connectivity index (χ2n) is 9.59. The Morgan fingerprint density at radius 1 is 1.03 bits per heavy atom. The molecule has 2 aromatic carbocycles. The largest absolute Gasteiger partial charge is 0.444 e. The summed E-state index contributed by atoms with van der Waals surface area (Å²) in [5, 5.41) is 0. The molecule has 0 saturated carbocycles. The number of benzene rings is 2. The zero-order valence-corrected chi connectivity index (χ0v) is 21.3. The van der Waals surface area contributed by atoms with Gasteiger partial charge in [0.25, 0.3) is 0 Å². The molecule has 0 spiro atoms. The number of nitrogens with two attached hydrogens (primary N) is 1. The first kappa shape index (κ1) is 26.1. The van der Waals surface area contributed by atoms with Gasteiger partial charge in [0.15, 0.2) is 0 Å². The number of piperazine rings is 1. The van der Waals surface area contributed by atoms with E-state index in [0.29, 0.717) is 61.8 Å². The van der Waals surface area contributed by atoms with Crippen molar-refractivity contribution in [1.82, 2.24) is 14.9 Å². The summed E-state index contributed by atoms with van der Waals surface area (Å²) >= 11 is 0. The molecular formula is C28H29FN6O4. The van der Waals surface area contributed by atoms with Crippen molar-refractivity contribution in [3.8, 4) is 11.1 Å². The van der Waals surface area contributed by atoms with Crippen molar-refractivity contribution >= 4 is 29.5 Å². The van der Waals surface area contributed by atoms with Crippen LogP contribution in [0.5, 0.6) is 0 Å². The minimum Gasteiger partial charge on any atom is -0.444 e. The number of cyclic esters (lactones) is 1. The summed E-state index contributed by atoms with van der Waals surface area (Å²) in [5.41, 5.74) is 7.33. The molecule has 3 amide bonds. The molecular weight excluding hydrogens is 503 g/mol. The van der Waals surface area contributed by atoms with Crippen LogP contribution in [0.25, 0.3) is 11.1 Å². The fourth-order valence-electron chi connectivity index (χ4n) is 4.75. The van der Waals surface area contributed by atoms with Crippen molar-refractivity contribution in [2.45, 2.75) is 25.4 Å². The molecule has 3 aromatic rings. The first-order valence-electron chi connectivity index (χ1n) is 12.8. The first-order valence-corrected chi connectivity index (χ1v) is 12.8. The predicted octanol–water partition coefficient (Wildman–Crippen LogP) is 2.76. The number of carbonyl (C=O) groups is 3. The van der Waals surface area contributed by atoms with Gasteiger partial charge in [-0.2, -0.15) is 0 Å². The lowest BCUT2D eigenvalue weighted by molar-refractivity contribution is -0.130. The molecule has 3 heterocycles. The van der Waals surface area contributed by atoms with Crippen LogP contribution in [-0.4, -0.2) is 71.6 Å². The van der Waals surface area contributed by atoms with Crippen LogP contribution in [0.4, 0.5) is 20.8 Å². The average molecular weight is 533 g/mol. The zero-order valence-electron chi connectivity index (χ0n) is 21.3. The Bertz CT molecular complexity index is 1350. The lowest BCUT2D eigenvalue weighted by Crippen LogP contribution is -2.49. The maximum absolute atomic E-state index is 15.1. The number of nitrogens with zero attached hydrogens (tertiary/aromatic N) is 5. The zero-order chi connectivity index (χ0) is 27.4. The van der Waals surface area contributed by atoms with Crippen LogP contribution < -0.4 is 15.5 Å². The van der Waals surface area contributed by atoms with Crippen molar-refractivity contribution in [1.29, 1.82) is 0 Å². The molecule has 2 aliphatic rings. The van der Waals surface area contributed by atoms with E-state index in [9.17, 15) is 14.4 Å². The number of halogens is 1. The van der Waals surface area contributed by atoms with E-state index in [1.54, 1.807) is 24.5 Å². The minimum atomic E-state index is -0.592. The molecule has 0 aliphatic carbocycles. The molecule has 11 heteroatoms. The van der Waals surface area contributed by atoms with Gasteiger partial charge in [-0.3, -0.25) is 14.5 Å². The van der Waals surface area contributed by atoms with E-state index in [-0.39, 0.29) is 18.9 Å². The highest BCUT2D eigenvalue weighted by atomic mass is 19.1. The normalized spacial score (nSPS) is 17.3. The van der Waals surface area contributed by atoms with Crippen LogP contribution in [0.2, 0.25) is 0 Å².